The summed E-state index contributed by atoms with van der Waals surface area (Å²) in [6, 6.07) is 0. The maximum Gasteiger partial charge on any atom is 0.139 e. The Hall–Kier alpha value is -1.98. The number of nitrogens with zero attached hydrogens (tertiary/aromatic N) is 2. The van der Waals surface area contributed by atoms with Crippen molar-refractivity contribution in [3.05, 3.63) is 24.2 Å². The van der Waals surface area contributed by atoms with Gasteiger partial charge >= 0.3 is 0 Å². The third-order valence-corrected chi connectivity index (χ3v) is 1.19. The summed E-state index contributed by atoms with van der Waals surface area (Å²) in [5.74, 6) is 0.0730. The van der Waals surface area contributed by atoms with Gasteiger partial charge in [-0.15, -0.1) is 0 Å². The second-order valence-corrected chi connectivity index (χ2v) is 2.14. The van der Waals surface area contributed by atoms with E-state index in [0.717, 1.165) is 0 Å². The number of hydrogen-bond donors (Lipinski definition) is 4. The minimum atomic E-state index is -0.0295. The molecule has 0 aliphatic rings. The number of amidine groups is 2. The summed E-state index contributed by atoms with van der Waals surface area (Å²) in [5, 5.41) is 8.76. The molecule has 72 valence electrons. The fourth-order valence-electron chi connectivity index (χ4n) is 0.599. The molecule has 6 nitrogen and oxygen atoms in total. The second kappa shape index (κ2) is 4.81. The van der Waals surface area contributed by atoms with Crippen LogP contribution in [0.2, 0.25) is 0 Å². The number of aliphatic imine (C=N–C) groups is 2. The standard InChI is InChI=1S/C7H13N5O/c1-4(8)12-7(10)5(3-13)6(9)11-2/h3,13H,1,8H2,2H3,(H2,9,11)(H2,10,12). The van der Waals surface area contributed by atoms with Crippen molar-refractivity contribution in [2.45, 2.75) is 0 Å². The lowest BCUT2D eigenvalue weighted by Gasteiger charge is -2.03. The molecular weight excluding hydrogens is 170 g/mol. The Bertz CT molecular complexity index is 289. The van der Waals surface area contributed by atoms with Crippen LogP contribution in [-0.4, -0.2) is 23.8 Å². The highest BCUT2D eigenvalue weighted by Crippen LogP contribution is 1.95. The molecule has 0 aromatic heterocycles. The first-order valence-corrected chi connectivity index (χ1v) is 3.38. The van der Waals surface area contributed by atoms with Gasteiger partial charge in [0.15, 0.2) is 0 Å². The molecule has 0 saturated heterocycles. The quantitative estimate of drug-likeness (QED) is 0.260. The molecule has 6 heteroatoms. The lowest BCUT2D eigenvalue weighted by atomic mass is 10.2. The lowest BCUT2D eigenvalue weighted by molar-refractivity contribution is 0.472. The maximum absolute atomic E-state index is 8.76. The summed E-state index contributed by atoms with van der Waals surface area (Å²) in [5.41, 5.74) is 16.1. The van der Waals surface area contributed by atoms with Gasteiger partial charge < -0.3 is 22.3 Å². The molecule has 0 aromatic rings. The van der Waals surface area contributed by atoms with Gasteiger partial charge in [0.2, 0.25) is 0 Å². The molecule has 7 N–H and O–H groups in total. The van der Waals surface area contributed by atoms with E-state index >= 15 is 0 Å². The third-order valence-electron chi connectivity index (χ3n) is 1.19. The van der Waals surface area contributed by atoms with Crippen LogP contribution in [0.25, 0.3) is 0 Å². The van der Waals surface area contributed by atoms with Crippen LogP contribution >= 0.6 is 0 Å². The Kier molecular flexibility index (Phi) is 4.08. The van der Waals surface area contributed by atoms with Gasteiger partial charge in [0, 0.05) is 7.05 Å². The molecule has 0 heterocycles. The zero-order chi connectivity index (χ0) is 10.4. The first-order chi connectivity index (χ1) is 6.02. The Morgan fingerprint density at radius 2 is 1.85 bits per heavy atom. The Morgan fingerprint density at radius 1 is 1.31 bits per heavy atom. The second-order valence-electron chi connectivity index (χ2n) is 2.14. The van der Waals surface area contributed by atoms with E-state index in [1.807, 2.05) is 0 Å². The summed E-state index contributed by atoms with van der Waals surface area (Å²) in [4.78, 5) is 7.23. The molecule has 0 saturated carbocycles. The van der Waals surface area contributed by atoms with E-state index in [4.69, 9.17) is 22.3 Å². The molecule has 0 aliphatic heterocycles. The topological polar surface area (TPSA) is 123 Å². The van der Waals surface area contributed by atoms with Crippen molar-refractivity contribution in [3.8, 4) is 0 Å². The molecule has 0 aliphatic carbocycles. The van der Waals surface area contributed by atoms with E-state index in [0.29, 0.717) is 6.26 Å². The van der Waals surface area contributed by atoms with Gasteiger partial charge in [-0.3, -0.25) is 4.99 Å². The van der Waals surface area contributed by atoms with E-state index in [-0.39, 0.29) is 23.1 Å². The summed E-state index contributed by atoms with van der Waals surface area (Å²) in [7, 11) is 1.46. The monoisotopic (exact) mass is 183 g/mol. The minimum absolute atomic E-state index is 0.0285. The van der Waals surface area contributed by atoms with Crippen LogP contribution in [0.15, 0.2) is 34.2 Å². The summed E-state index contributed by atoms with van der Waals surface area (Å²) >= 11 is 0. The predicted octanol–water partition coefficient (Wildman–Crippen LogP) is -0.798. The van der Waals surface area contributed by atoms with Gasteiger partial charge in [-0.1, -0.05) is 6.58 Å². The number of aliphatic hydroxyl groups is 1. The van der Waals surface area contributed by atoms with Gasteiger partial charge in [-0.2, -0.15) is 0 Å². The highest BCUT2D eigenvalue weighted by Gasteiger charge is 2.07. The van der Waals surface area contributed by atoms with Crippen molar-refractivity contribution >= 4 is 11.7 Å². The van der Waals surface area contributed by atoms with Gasteiger partial charge in [0.1, 0.15) is 17.5 Å². The Labute approximate surface area is 76.2 Å². The molecule has 0 fully saturated rings. The molecule has 0 atom stereocenters. The van der Waals surface area contributed by atoms with Gasteiger partial charge in [-0.25, -0.2) is 4.99 Å². The molecule has 0 aromatic carbocycles. The van der Waals surface area contributed by atoms with Crippen molar-refractivity contribution in [2.24, 2.45) is 27.2 Å². The normalized spacial score (nSPS) is 14.4. The molecule has 0 radical (unpaired) electrons. The van der Waals surface area contributed by atoms with Crippen LogP contribution in [0.3, 0.4) is 0 Å². The number of aliphatic hydroxyl groups excluding tert-OH is 1. The summed E-state index contributed by atoms with van der Waals surface area (Å²) < 4.78 is 0. The molecule has 13 heavy (non-hydrogen) atoms. The van der Waals surface area contributed by atoms with Crippen LogP contribution in [0.1, 0.15) is 0 Å². The molecule has 0 spiro atoms. The number of hydrogen-bond acceptors (Lipinski definition) is 4. The van der Waals surface area contributed by atoms with Gasteiger partial charge in [0.25, 0.3) is 0 Å². The highest BCUT2D eigenvalue weighted by molar-refractivity contribution is 6.21. The molecule has 0 bridgehead atoms. The molecule has 0 rings (SSSR count). The summed E-state index contributed by atoms with van der Waals surface area (Å²) in [6.45, 7) is 3.32. The zero-order valence-corrected chi connectivity index (χ0v) is 7.36. The van der Waals surface area contributed by atoms with Crippen LogP contribution in [0.5, 0.6) is 0 Å². The molecular formula is C7H13N5O. The average Bonchev–Trinajstić information content (AvgIpc) is 2.03. The van der Waals surface area contributed by atoms with Crippen molar-refractivity contribution in [1.82, 2.24) is 0 Å². The van der Waals surface area contributed by atoms with E-state index in [1.54, 1.807) is 0 Å². The Morgan fingerprint density at radius 3 is 2.15 bits per heavy atom. The highest BCUT2D eigenvalue weighted by atomic mass is 16.2. The van der Waals surface area contributed by atoms with E-state index in [2.05, 4.69) is 16.6 Å². The van der Waals surface area contributed by atoms with Gasteiger partial charge in [0.05, 0.1) is 11.8 Å². The Balaban J connectivity index is 4.93. The van der Waals surface area contributed by atoms with E-state index in [9.17, 15) is 0 Å². The summed E-state index contributed by atoms with van der Waals surface area (Å²) in [6.07, 6.45) is 0.712. The minimum Gasteiger partial charge on any atom is -0.515 e. The molecule has 0 unspecified atom stereocenters. The lowest BCUT2D eigenvalue weighted by Crippen LogP contribution is -2.27. The first-order valence-electron chi connectivity index (χ1n) is 3.38. The van der Waals surface area contributed by atoms with Crippen molar-refractivity contribution in [3.63, 3.8) is 0 Å². The van der Waals surface area contributed by atoms with Crippen LogP contribution < -0.4 is 17.2 Å². The van der Waals surface area contributed by atoms with Crippen molar-refractivity contribution in [1.29, 1.82) is 0 Å². The molecule has 0 amide bonds. The fraction of sp³-hybridized carbons (Fsp3) is 0.143. The van der Waals surface area contributed by atoms with E-state index in [1.165, 1.54) is 7.05 Å². The number of nitrogens with two attached hydrogens (primary N) is 3. The van der Waals surface area contributed by atoms with Crippen LogP contribution in [0, 0.1) is 0 Å². The van der Waals surface area contributed by atoms with Crippen molar-refractivity contribution < 1.29 is 5.11 Å². The average molecular weight is 183 g/mol. The fourth-order valence-corrected chi connectivity index (χ4v) is 0.599. The number of rotatable bonds is 3. The third kappa shape index (κ3) is 3.28. The first kappa shape index (κ1) is 11.0. The SMILES string of the molecule is C=C(N)N=C(N)C(=CO)C(N)=NC. The maximum atomic E-state index is 8.76. The van der Waals surface area contributed by atoms with Crippen LogP contribution in [0.4, 0.5) is 0 Å². The van der Waals surface area contributed by atoms with Gasteiger partial charge in [-0.05, 0) is 0 Å². The van der Waals surface area contributed by atoms with E-state index < -0.39 is 0 Å². The van der Waals surface area contributed by atoms with Crippen molar-refractivity contribution in [2.75, 3.05) is 7.05 Å². The predicted molar refractivity (Wildman–Crippen MR) is 53.2 cm³/mol. The van der Waals surface area contributed by atoms with Crippen LogP contribution in [-0.2, 0) is 0 Å². The smallest absolute Gasteiger partial charge is 0.139 e. The zero-order valence-electron chi connectivity index (χ0n) is 7.36. The largest absolute Gasteiger partial charge is 0.515 e.